The van der Waals surface area contributed by atoms with Crippen LogP contribution in [0.5, 0.6) is 0 Å². The van der Waals surface area contributed by atoms with Crippen LogP contribution < -0.4 is 5.32 Å². The Morgan fingerprint density at radius 1 is 1.24 bits per heavy atom. The Kier molecular flexibility index (Phi) is 3.19. The van der Waals surface area contributed by atoms with Crippen molar-refractivity contribution in [1.82, 2.24) is 0 Å². The molecule has 2 aromatic rings. The predicted octanol–water partition coefficient (Wildman–Crippen LogP) is 3.59. The molecule has 5 heteroatoms. The van der Waals surface area contributed by atoms with Gasteiger partial charge in [0.05, 0.1) is 10.6 Å². The lowest BCUT2D eigenvalue weighted by Gasteiger charge is -2.04. The highest BCUT2D eigenvalue weighted by Gasteiger charge is 2.13. The minimum atomic E-state index is -1.05. The van der Waals surface area contributed by atoms with Gasteiger partial charge in [-0.25, -0.2) is 8.78 Å². The molecule has 0 aliphatic heterocycles. The summed E-state index contributed by atoms with van der Waals surface area (Å²) in [6.45, 7) is 1.87. The Balaban J connectivity index is 2.21. The third kappa shape index (κ3) is 2.50. The summed E-state index contributed by atoms with van der Waals surface area (Å²) in [7, 11) is 0. The molecular formula is C12H9F2NOS. The highest BCUT2D eigenvalue weighted by atomic mass is 32.1. The van der Waals surface area contributed by atoms with Crippen LogP contribution in [0, 0.1) is 18.6 Å². The van der Waals surface area contributed by atoms with Gasteiger partial charge in [0.15, 0.2) is 11.6 Å². The Bertz CT molecular complexity index is 565. The van der Waals surface area contributed by atoms with Crippen molar-refractivity contribution in [2.45, 2.75) is 6.92 Å². The smallest absolute Gasteiger partial charge is 0.265 e. The summed E-state index contributed by atoms with van der Waals surface area (Å²) in [5.41, 5.74) is -0.152. The molecule has 0 fully saturated rings. The zero-order valence-corrected chi connectivity index (χ0v) is 9.78. The fourth-order valence-electron chi connectivity index (χ4n) is 1.34. The Labute approximate surface area is 101 Å². The second kappa shape index (κ2) is 4.63. The number of nitrogens with one attached hydrogen (secondary N) is 1. The molecule has 1 aromatic heterocycles. The van der Waals surface area contributed by atoms with Crippen LogP contribution in [0.2, 0.25) is 0 Å². The summed E-state index contributed by atoms with van der Waals surface area (Å²) < 4.78 is 26.2. The molecule has 0 saturated carbocycles. The average Bonchev–Trinajstić information content (AvgIpc) is 2.72. The fourth-order valence-corrected chi connectivity index (χ4v) is 2.10. The second-order valence-electron chi connectivity index (χ2n) is 3.47. The molecule has 1 N–H and O–H groups in total. The van der Waals surface area contributed by atoms with Gasteiger partial charge < -0.3 is 5.32 Å². The van der Waals surface area contributed by atoms with E-state index in [1.165, 1.54) is 23.5 Å². The number of anilines is 1. The van der Waals surface area contributed by atoms with E-state index in [1.807, 2.05) is 6.92 Å². The van der Waals surface area contributed by atoms with Gasteiger partial charge >= 0.3 is 0 Å². The van der Waals surface area contributed by atoms with Crippen LogP contribution in [-0.2, 0) is 0 Å². The van der Waals surface area contributed by atoms with E-state index in [-0.39, 0.29) is 5.69 Å². The van der Waals surface area contributed by atoms with Gasteiger partial charge in [0, 0.05) is 4.88 Å². The number of halogens is 2. The summed E-state index contributed by atoms with van der Waals surface area (Å²) in [5.74, 6) is -2.47. The van der Waals surface area contributed by atoms with Gasteiger partial charge in [-0.2, -0.15) is 0 Å². The molecule has 0 spiro atoms. The molecule has 0 saturated heterocycles. The average molecular weight is 253 g/mol. The van der Waals surface area contributed by atoms with E-state index >= 15 is 0 Å². The first kappa shape index (κ1) is 11.7. The molecule has 2 rings (SSSR count). The third-order valence-electron chi connectivity index (χ3n) is 2.16. The van der Waals surface area contributed by atoms with Crippen molar-refractivity contribution in [1.29, 1.82) is 0 Å². The molecule has 1 heterocycles. The van der Waals surface area contributed by atoms with Crippen molar-refractivity contribution in [2.24, 2.45) is 0 Å². The van der Waals surface area contributed by atoms with E-state index in [2.05, 4.69) is 5.32 Å². The highest BCUT2D eigenvalue weighted by Crippen LogP contribution is 2.20. The number of carbonyl (C=O) groups excluding carboxylic acids is 1. The molecule has 0 aliphatic rings. The summed E-state index contributed by atoms with van der Waals surface area (Å²) in [6, 6.07) is 7.10. The minimum absolute atomic E-state index is 0.152. The monoisotopic (exact) mass is 253 g/mol. The van der Waals surface area contributed by atoms with Crippen molar-refractivity contribution >= 4 is 22.9 Å². The number of benzene rings is 1. The maximum absolute atomic E-state index is 13.3. The largest absolute Gasteiger partial charge is 0.319 e. The van der Waals surface area contributed by atoms with Gasteiger partial charge in [-0.3, -0.25) is 4.79 Å². The van der Waals surface area contributed by atoms with Crippen LogP contribution in [0.25, 0.3) is 0 Å². The Morgan fingerprint density at radius 2 is 2.00 bits per heavy atom. The molecule has 0 radical (unpaired) electrons. The number of aryl methyl sites for hydroxylation is 1. The summed E-state index contributed by atoms with van der Waals surface area (Å²) in [4.78, 5) is 13.1. The molecule has 1 aromatic carbocycles. The van der Waals surface area contributed by atoms with Crippen molar-refractivity contribution in [3.8, 4) is 0 Å². The second-order valence-corrected chi connectivity index (χ2v) is 4.75. The fraction of sp³-hybridized carbons (Fsp3) is 0.0833. The molecule has 0 unspecified atom stereocenters. The van der Waals surface area contributed by atoms with Gasteiger partial charge in [-0.15, -0.1) is 11.3 Å². The van der Waals surface area contributed by atoms with Crippen LogP contribution in [0.1, 0.15) is 14.5 Å². The molecule has 17 heavy (non-hydrogen) atoms. The van der Waals surface area contributed by atoms with Crippen molar-refractivity contribution in [3.63, 3.8) is 0 Å². The third-order valence-corrected chi connectivity index (χ3v) is 3.16. The van der Waals surface area contributed by atoms with Gasteiger partial charge in [-0.1, -0.05) is 6.07 Å². The zero-order chi connectivity index (χ0) is 12.4. The Morgan fingerprint density at radius 3 is 2.65 bits per heavy atom. The lowest BCUT2D eigenvalue weighted by Crippen LogP contribution is -2.11. The molecule has 0 aliphatic carbocycles. The summed E-state index contributed by atoms with van der Waals surface area (Å²) in [6.07, 6.45) is 0. The summed E-state index contributed by atoms with van der Waals surface area (Å²) >= 11 is 1.30. The quantitative estimate of drug-likeness (QED) is 0.870. The van der Waals surface area contributed by atoms with Crippen molar-refractivity contribution < 1.29 is 13.6 Å². The van der Waals surface area contributed by atoms with E-state index in [0.717, 1.165) is 10.9 Å². The van der Waals surface area contributed by atoms with E-state index in [4.69, 9.17) is 0 Å². The zero-order valence-electron chi connectivity index (χ0n) is 8.96. The van der Waals surface area contributed by atoms with Crippen molar-refractivity contribution in [2.75, 3.05) is 5.32 Å². The van der Waals surface area contributed by atoms with Gasteiger partial charge in [0.1, 0.15) is 0 Å². The number of carbonyl (C=O) groups is 1. The number of rotatable bonds is 2. The van der Waals surface area contributed by atoms with Crippen LogP contribution in [0.15, 0.2) is 30.3 Å². The van der Waals surface area contributed by atoms with E-state index in [1.54, 1.807) is 12.1 Å². The first-order valence-corrected chi connectivity index (χ1v) is 5.71. The number of amides is 1. The minimum Gasteiger partial charge on any atom is -0.319 e. The Hall–Kier alpha value is -1.75. The van der Waals surface area contributed by atoms with Crippen LogP contribution >= 0.6 is 11.3 Å². The standard InChI is InChI=1S/C12H9F2NOS/c1-7-5-6-10(17-7)12(16)15-9-4-2-3-8(13)11(9)14/h2-6H,1H3,(H,15,16). The normalized spacial score (nSPS) is 10.3. The lowest BCUT2D eigenvalue weighted by atomic mass is 10.3. The van der Waals surface area contributed by atoms with Gasteiger partial charge in [0.25, 0.3) is 5.91 Å². The molecule has 0 atom stereocenters. The van der Waals surface area contributed by atoms with Crippen LogP contribution in [0.3, 0.4) is 0 Å². The number of hydrogen-bond acceptors (Lipinski definition) is 2. The number of thiophene rings is 1. The lowest BCUT2D eigenvalue weighted by molar-refractivity contribution is 0.103. The van der Waals surface area contributed by atoms with E-state index in [0.29, 0.717) is 4.88 Å². The highest BCUT2D eigenvalue weighted by molar-refractivity contribution is 7.14. The van der Waals surface area contributed by atoms with Crippen molar-refractivity contribution in [3.05, 3.63) is 51.7 Å². The molecule has 0 bridgehead atoms. The van der Waals surface area contributed by atoms with Crippen LogP contribution in [-0.4, -0.2) is 5.91 Å². The SMILES string of the molecule is Cc1ccc(C(=O)Nc2cccc(F)c2F)s1. The molecule has 2 nitrogen and oxygen atoms in total. The van der Waals surface area contributed by atoms with E-state index in [9.17, 15) is 13.6 Å². The summed E-state index contributed by atoms with van der Waals surface area (Å²) in [5, 5.41) is 2.34. The van der Waals surface area contributed by atoms with Gasteiger partial charge in [0.2, 0.25) is 0 Å². The predicted molar refractivity (Wildman–Crippen MR) is 63.4 cm³/mol. The van der Waals surface area contributed by atoms with Crippen LogP contribution in [0.4, 0.5) is 14.5 Å². The van der Waals surface area contributed by atoms with E-state index < -0.39 is 17.5 Å². The maximum atomic E-state index is 13.3. The first-order valence-electron chi connectivity index (χ1n) is 4.90. The molecule has 88 valence electrons. The number of hydrogen-bond donors (Lipinski definition) is 1. The topological polar surface area (TPSA) is 29.1 Å². The molecular weight excluding hydrogens is 244 g/mol. The maximum Gasteiger partial charge on any atom is 0.265 e. The first-order chi connectivity index (χ1) is 8.08. The molecule has 1 amide bonds. The van der Waals surface area contributed by atoms with Gasteiger partial charge in [-0.05, 0) is 31.2 Å².